The highest BCUT2D eigenvalue weighted by atomic mass is 32.2. The summed E-state index contributed by atoms with van der Waals surface area (Å²) < 4.78 is 33.2. The third kappa shape index (κ3) is 10.2. The zero-order chi connectivity index (χ0) is 34.7. The van der Waals surface area contributed by atoms with Crippen molar-refractivity contribution in [2.75, 3.05) is 35.0 Å². The molecule has 0 spiro atoms. The first kappa shape index (κ1) is 36.7. The predicted molar refractivity (Wildman–Crippen MR) is 188 cm³/mol. The monoisotopic (exact) mass is 680 g/mol. The van der Waals surface area contributed by atoms with E-state index in [1.807, 2.05) is 49.4 Å². The molecular weight excluding hydrogens is 632 g/mol. The summed E-state index contributed by atoms with van der Waals surface area (Å²) in [6.45, 7) is 7.75. The van der Waals surface area contributed by atoms with Crippen LogP contribution in [-0.2, 0) is 34.2 Å². The quantitative estimate of drug-likeness (QED) is 0.176. The molecule has 5 rings (SSSR count). The summed E-state index contributed by atoms with van der Waals surface area (Å²) in [6, 6.07) is 20.5. The van der Waals surface area contributed by atoms with E-state index in [4.69, 9.17) is 14.6 Å². The molecule has 48 heavy (non-hydrogen) atoms. The van der Waals surface area contributed by atoms with Gasteiger partial charge in [0.2, 0.25) is 10.0 Å². The lowest BCUT2D eigenvalue weighted by Crippen LogP contribution is -2.48. The molecular formula is C36H48N4O7S. The summed E-state index contributed by atoms with van der Waals surface area (Å²) in [4.78, 5) is 22.1. The van der Waals surface area contributed by atoms with Crippen LogP contribution in [0.3, 0.4) is 0 Å². The predicted octanol–water partition coefficient (Wildman–Crippen LogP) is 4.34. The number of fused-ring (bicyclic) bond motifs is 1. The van der Waals surface area contributed by atoms with Crippen LogP contribution in [0.5, 0.6) is 5.75 Å². The van der Waals surface area contributed by atoms with Crippen molar-refractivity contribution in [3.63, 3.8) is 0 Å². The van der Waals surface area contributed by atoms with Crippen LogP contribution in [0.2, 0.25) is 0 Å². The molecule has 1 saturated heterocycles. The minimum absolute atomic E-state index is 0.0930. The van der Waals surface area contributed by atoms with Crippen LogP contribution in [0.1, 0.15) is 67.1 Å². The molecule has 1 amide bonds. The van der Waals surface area contributed by atoms with Crippen LogP contribution in [0, 0.1) is 0 Å². The van der Waals surface area contributed by atoms with Crippen molar-refractivity contribution in [3.8, 4) is 5.75 Å². The molecule has 2 aliphatic heterocycles. The highest BCUT2D eigenvalue weighted by Gasteiger charge is 2.29. The van der Waals surface area contributed by atoms with Crippen molar-refractivity contribution in [2.45, 2.75) is 77.2 Å². The minimum Gasteiger partial charge on any atom is -0.488 e. The summed E-state index contributed by atoms with van der Waals surface area (Å²) >= 11 is 0. The van der Waals surface area contributed by atoms with Crippen molar-refractivity contribution in [1.29, 1.82) is 0 Å². The topological polar surface area (TPSA) is 157 Å². The average Bonchev–Trinajstić information content (AvgIpc) is 3.05. The minimum atomic E-state index is -3.45. The Labute approximate surface area is 283 Å². The first-order valence-corrected chi connectivity index (χ1v) is 18.1. The second-order valence-electron chi connectivity index (χ2n) is 12.8. The molecule has 0 unspecified atom stereocenters. The number of nitrogens with one attached hydrogen (secondary N) is 3. The molecule has 5 N–H and O–H groups in total. The van der Waals surface area contributed by atoms with Crippen LogP contribution >= 0.6 is 0 Å². The number of anilines is 2. The normalized spacial score (nSPS) is 17.4. The number of hydrogen-bond donors (Lipinski definition) is 5. The zero-order valence-electron chi connectivity index (χ0n) is 27.9. The molecule has 0 saturated carbocycles. The molecule has 0 radical (unpaired) electrons. The lowest BCUT2D eigenvalue weighted by atomic mass is 9.93. The van der Waals surface area contributed by atoms with Gasteiger partial charge in [-0.25, -0.2) is 8.42 Å². The van der Waals surface area contributed by atoms with Crippen molar-refractivity contribution >= 4 is 33.8 Å². The van der Waals surface area contributed by atoms with E-state index in [1.165, 1.54) is 9.87 Å². The number of sulfonamides is 1. The van der Waals surface area contributed by atoms with Gasteiger partial charge in [-0.15, -0.1) is 0 Å². The number of aryl methyl sites for hydroxylation is 1. The van der Waals surface area contributed by atoms with E-state index in [-0.39, 0.29) is 30.3 Å². The summed E-state index contributed by atoms with van der Waals surface area (Å²) in [5.74, 6) is 0.651. The highest BCUT2D eigenvalue weighted by molar-refractivity contribution is 7.92. The van der Waals surface area contributed by atoms with E-state index < -0.39 is 22.2 Å². The number of carbonyl (C=O) groups is 2. The standard InChI is InChI=1S/C35H46N4O5S.CH2O2/c1-4-37-29-20-28(21-30(22-29)39-16-8-9-17-45(39,42)43)34(41)38-31(19-25-10-6-5-7-11-25)32(40)24-36-23-26-12-13-33-27(18-26)14-15-35(2,3)44-33;2-1-3/h5-7,10-13,18,20-22,31-32,36-37,40H,4,8-9,14-17,19,23-24H2,1-3H3,(H,38,41);1H,(H,2,3)/t31-,32+;/m0./s1. The van der Waals surface area contributed by atoms with E-state index in [2.05, 4.69) is 35.9 Å². The molecule has 2 aliphatic rings. The van der Waals surface area contributed by atoms with E-state index in [9.17, 15) is 18.3 Å². The summed E-state index contributed by atoms with van der Waals surface area (Å²) in [5.41, 5.74) is 4.60. The number of rotatable bonds is 12. The van der Waals surface area contributed by atoms with E-state index in [0.29, 0.717) is 49.4 Å². The largest absolute Gasteiger partial charge is 0.488 e. The van der Waals surface area contributed by atoms with Gasteiger partial charge >= 0.3 is 0 Å². The van der Waals surface area contributed by atoms with Gasteiger partial charge in [-0.3, -0.25) is 13.9 Å². The number of ether oxygens (including phenoxy) is 1. The van der Waals surface area contributed by atoms with Crippen LogP contribution in [0.15, 0.2) is 66.7 Å². The fourth-order valence-electron chi connectivity index (χ4n) is 6.00. The maximum Gasteiger partial charge on any atom is 0.290 e. The third-order valence-electron chi connectivity index (χ3n) is 8.47. The van der Waals surface area contributed by atoms with Crippen molar-refractivity contribution in [2.24, 2.45) is 0 Å². The molecule has 12 heteroatoms. The van der Waals surface area contributed by atoms with Gasteiger partial charge in [-0.1, -0.05) is 42.5 Å². The number of benzene rings is 3. The van der Waals surface area contributed by atoms with Crippen LogP contribution in [-0.4, -0.2) is 74.1 Å². The number of carbonyl (C=O) groups excluding carboxylic acids is 1. The maximum absolute atomic E-state index is 13.7. The molecule has 3 aromatic carbocycles. The van der Waals surface area contributed by atoms with Gasteiger partial charge in [0.05, 0.1) is 23.6 Å². The smallest absolute Gasteiger partial charge is 0.290 e. The summed E-state index contributed by atoms with van der Waals surface area (Å²) in [7, 11) is -3.45. The first-order chi connectivity index (χ1) is 22.9. The molecule has 2 heterocycles. The second kappa shape index (κ2) is 16.8. The van der Waals surface area contributed by atoms with Crippen molar-refractivity contribution in [1.82, 2.24) is 10.6 Å². The van der Waals surface area contributed by atoms with Gasteiger partial charge in [0, 0.05) is 37.4 Å². The van der Waals surface area contributed by atoms with Crippen molar-refractivity contribution in [3.05, 3.63) is 89.0 Å². The van der Waals surface area contributed by atoms with Gasteiger partial charge in [0.15, 0.2) is 0 Å². The molecule has 0 bridgehead atoms. The first-order valence-electron chi connectivity index (χ1n) is 16.5. The fraction of sp³-hybridized carbons (Fsp3) is 0.444. The van der Waals surface area contributed by atoms with E-state index in [0.717, 1.165) is 36.1 Å². The highest BCUT2D eigenvalue weighted by Crippen LogP contribution is 2.33. The molecule has 3 aromatic rings. The Morgan fingerprint density at radius 1 is 1.06 bits per heavy atom. The van der Waals surface area contributed by atoms with Crippen molar-refractivity contribution < 1.29 is 33.0 Å². The summed E-state index contributed by atoms with van der Waals surface area (Å²) in [6.07, 6.45) is 2.87. The Bertz CT molecular complexity index is 1630. The Morgan fingerprint density at radius 3 is 2.52 bits per heavy atom. The average molecular weight is 681 g/mol. The lowest BCUT2D eigenvalue weighted by molar-refractivity contribution is -0.122. The number of aliphatic hydroxyl groups excluding tert-OH is 1. The molecule has 0 aliphatic carbocycles. The third-order valence-corrected chi connectivity index (χ3v) is 10.3. The number of aliphatic hydroxyl groups is 1. The van der Waals surface area contributed by atoms with E-state index >= 15 is 0 Å². The lowest BCUT2D eigenvalue weighted by Gasteiger charge is -2.32. The fourth-order valence-corrected chi connectivity index (χ4v) is 7.63. The molecule has 0 aromatic heterocycles. The Balaban J connectivity index is 0.00000167. The Morgan fingerprint density at radius 2 is 1.81 bits per heavy atom. The molecule has 2 atom stereocenters. The Kier molecular flexibility index (Phi) is 12.9. The maximum atomic E-state index is 13.7. The molecule has 260 valence electrons. The second-order valence-corrected chi connectivity index (χ2v) is 14.8. The number of nitrogens with zero attached hydrogens (tertiary/aromatic N) is 1. The Hall–Kier alpha value is -4.13. The number of carboxylic acid groups (broad SMARTS) is 1. The molecule has 1 fully saturated rings. The number of amides is 1. The van der Waals surface area contributed by atoms with Gasteiger partial charge in [0.1, 0.15) is 11.4 Å². The SMILES string of the molecule is CCNc1cc(C(=O)N[C@@H](Cc2ccccc2)[C@H](O)CNCc2ccc3c(c2)CCC(C)(C)O3)cc(N2CCCCS2(=O)=O)c1.O=CO. The summed E-state index contributed by atoms with van der Waals surface area (Å²) in [5, 5.41) is 27.9. The van der Waals surface area contributed by atoms with Crippen LogP contribution in [0.25, 0.3) is 0 Å². The van der Waals surface area contributed by atoms with Gasteiger partial charge in [-0.05, 0) is 93.8 Å². The molecule has 11 nitrogen and oxygen atoms in total. The van der Waals surface area contributed by atoms with Gasteiger partial charge in [-0.2, -0.15) is 0 Å². The van der Waals surface area contributed by atoms with Gasteiger partial charge in [0.25, 0.3) is 12.4 Å². The van der Waals surface area contributed by atoms with Crippen LogP contribution < -0.4 is 25.0 Å². The number of hydrogen-bond acceptors (Lipinski definition) is 8. The van der Waals surface area contributed by atoms with E-state index in [1.54, 1.807) is 18.2 Å². The van der Waals surface area contributed by atoms with Crippen LogP contribution in [0.4, 0.5) is 11.4 Å². The van der Waals surface area contributed by atoms with Gasteiger partial charge < -0.3 is 30.9 Å². The zero-order valence-corrected chi connectivity index (χ0v) is 28.8.